The summed E-state index contributed by atoms with van der Waals surface area (Å²) in [6, 6.07) is 8.54. The van der Waals surface area contributed by atoms with E-state index >= 15 is 0 Å². The molecule has 1 aliphatic rings. The summed E-state index contributed by atoms with van der Waals surface area (Å²) in [6.07, 6.45) is 8.25. The SMILES string of the molecule is CCC(N)(CC)c1ccc(-c2ccc3[nH]ncc3c2C2CC2)nc1.Cl. The molecule has 1 aliphatic carbocycles. The van der Waals surface area contributed by atoms with Gasteiger partial charge in [0.1, 0.15) is 0 Å². The summed E-state index contributed by atoms with van der Waals surface area (Å²) in [5.74, 6) is 0.641. The summed E-state index contributed by atoms with van der Waals surface area (Å²) in [4.78, 5) is 4.76. The molecule has 0 bridgehead atoms. The molecule has 5 heteroatoms. The number of nitrogens with zero attached hydrogens (tertiary/aromatic N) is 2. The lowest BCUT2D eigenvalue weighted by atomic mass is 9.86. The van der Waals surface area contributed by atoms with Crippen molar-refractivity contribution < 1.29 is 0 Å². The van der Waals surface area contributed by atoms with Crippen LogP contribution in [0.2, 0.25) is 0 Å². The number of fused-ring (bicyclic) bond motifs is 1. The molecule has 1 fully saturated rings. The largest absolute Gasteiger partial charge is 0.321 e. The first-order valence-corrected chi connectivity index (χ1v) is 8.88. The molecule has 3 aromatic rings. The maximum atomic E-state index is 6.50. The van der Waals surface area contributed by atoms with Crippen LogP contribution < -0.4 is 5.73 Å². The lowest BCUT2D eigenvalue weighted by Gasteiger charge is -2.27. The average molecular weight is 357 g/mol. The van der Waals surface area contributed by atoms with Gasteiger partial charge in [-0.1, -0.05) is 26.0 Å². The van der Waals surface area contributed by atoms with Gasteiger partial charge in [-0.2, -0.15) is 5.10 Å². The maximum Gasteiger partial charge on any atom is 0.0705 e. The van der Waals surface area contributed by atoms with Gasteiger partial charge in [0.05, 0.1) is 17.4 Å². The van der Waals surface area contributed by atoms with Crippen LogP contribution >= 0.6 is 12.4 Å². The van der Waals surface area contributed by atoms with Crippen molar-refractivity contribution in [2.24, 2.45) is 5.73 Å². The molecule has 2 heterocycles. The zero-order chi connectivity index (χ0) is 16.7. The Hall–Kier alpha value is -1.91. The molecule has 1 saturated carbocycles. The second kappa shape index (κ2) is 6.77. The first kappa shape index (κ1) is 17.9. The Balaban J connectivity index is 0.00000182. The van der Waals surface area contributed by atoms with Crippen molar-refractivity contribution in [1.82, 2.24) is 15.2 Å². The minimum absolute atomic E-state index is 0. The van der Waals surface area contributed by atoms with Gasteiger partial charge in [0.2, 0.25) is 0 Å². The number of nitrogens with two attached hydrogens (primary N) is 1. The Bertz CT molecular complexity index is 861. The molecular formula is C20H25ClN4. The van der Waals surface area contributed by atoms with Crippen molar-refractivity contribution in [3.63, 3.8) is 0 Å². The average Bonchev–Trinajstić information content (AvgIpc) is 3.36. The van der Waals surface area contributed by atoms with Crippen molar-refractivity contribution in [2.75, 3.05) is 0 Å². The molecule has 0 radical (unpaired) electrons. The minimum atomic E-state index is -0.278. The second-order valence-electron chi connectivity index (χ2n) is 6.93. The third-order valence-corrected chi connectivity index (χ3v) is 5.53. The molecule has 0 unspecified atom stereocenters. The summed E-state index contributed by atoms with van der Waals surface area (Å²) in [5, 5.41) is 8.52. The molecule has 2 aromatic heterocycles. The third kappa shape index (κ3) is 3.05. The molecule has 0 saturated heterocycles. The van der Waals surface area contributed by atoms with Gasteiger partial charge in [0.25, 0.3) is 0 Å². The topological polar surface area (TPSA) is 67.6 Å². The molecule has 3 N–H and O–H groups in total. The van der Waals surface area contributed by atoms with Crippen LogP contribution in [0.3, 0.4) is 0 Å². The second-order valence-corrected chi connectivity index (χ2v) is 6.93. The van der Waals surface area contributed by atoms with E-state index in [4.69, 9.17) is 10.7 Å². The van der Waals surface area contributed by atoms with Gasteiger partial charge in [0.15, 0.2) is 0 Å². The number of hydrogen-bond acceptors (Lipinski definition) is 3. The van der Waals surface area contributed by atoms with E-state index in [1.54, 1.807) is 0 Å². The van der Waals surface area contributed by atoms with E-state index in [1.165, 1.54) is 29.4 Å². The number of halogens is 1. The number of aromatic amines is 1. The Morgan fingerprint density at radius 3 is 2.48 bits per heavy atom. The smallest absolute Gasteiger partial charge is 0.0705 e. The van der Waals surface area contributed by atoms with E-state index in [-0.39, 0.29) is 17.9 Å². The van der Waals surface area contributed by atoms with Crippen LogP contribution in [0.5, 0.6) is 0 Å². The number of H-pyrrole nitrogens is 1. The molecule has 132 valence electrons. The molecule has 0 spiro atoms. The van der Waals surface area contributed by atoms with E-state index < -0.39 is 0 Å². The summed E-state index contributed by atoms with van der Waals surface area (Å²) >= 11 is 0. The highest BCUT2D eigenvalue weighted by Gasteiger charge is 2.29. The fraction of sp³-hybridized carbons (Fsp3) is 0.400. The van der Waals surface area contributed by atoms with E-state index in [0.717, 1.165) is 29.6 Å². The number of pyridine rings is 1. The van der Waals surface area contributed by atoms with Crippen molar-refractivity contribution in [1.29, 1.82) is 0 Å². The van der Waals surface area contributed by atoms with Gasteiger partial charge in [-0.25, -0.2) is 0 Å². The molecule has 0 atom stereocenters. The maximum absolute atomic E-state index is 6.50. The number of aromatic nitrogens is 3. The molecule has 25 heavy (non-hydrogen) atoms. The number of rotatable bonds is 5. The van der Waals surface area contributed by atoms with Gasteiger partial charge in [-0.3, -0.25) is 10.1 Å². The van der Waals surface area contributed by atoms with E-state index in [0.29, 0.717) is 5.92 Å². The Kier molecular flexibility index (Phi) is 4.85. The zero-order valence-electron chi connectivity index (χ0n) is 14.7. The third-order valence-electron chi connectivity index (χ3n) is 5.53. The Morgan fingerprint density at radius 1 is 1.12 bits per heavy atom. The van der Waals surface area contributed by atoms with Gasteiger partial charge in [-0.15, -0.1) is 12.4 Å². The molecule has 0 aliphatic heterocycles. The molecule has 0 amide bonds. The molecular weight excluding hydrogens is 332 g/mol. The molecule has 4 rings (SSSR count). The number of nitrogens with one attached hydrogen (secondary N) is 1. The lowest BCUT2D eigenvalue weighted by molar-refractivity contribution is 0.411. The predicted octanol–water partition coefficient (Wildman–Crippen LogP) is 4.90. The van der Waals surface area contributed by atoms with Crippen LogP contribution in [0, 0.1) is 0 Å². The van der Waals surface area contributed by atoms with Crippen LogP contribution in [0.4, 0.5) is 0 Å². The lowest BCUT2D eigenvalue weighted by Crippen LogP contribution is -2.35. The van der Waals surface area contributed by atoms with Crippen LogP contribution in [-0.2, 0) is 5.54 Å². The van der Waals surface area contributed by atoms with Crippen LogP contribution in [-0.4, -0.2) is 15.2 Å². The summed E-state index contributed by atoms with van der Waals surface area (Å²) in [6.45, 7) is 4.27. The molecule has 4 nitrogen and oxygen atoms in total. The number of benzene rings is 1. The standard InChI is InChI=1S/C20H24N4.ClH/c1-3-20(21,4-2)14-7-9-17(22-11-14)15-8-10-18-16(12-23-24-18)19(15)13-5-6-13;/h7-13H,3-6,21H2,1-2H3,(H,23,24);1H. The van der Waals surface area contributed by atoms with Gasteiger partial charge in [0, 0.05) is 22.7 Å². The van der Waals surface area contributed by atoms with E-state index in [1.807, 2.05) is 12.4 Å². The summed E-state index contributed by atoms with van der Waals surface area (Å²) in [5.41, 5.74) is 12.1. The van der Waals surface area contributed by atoms with Crippen molar-refractivity contribution >= 4 is 23.3 Å². The Labute approximate surface area is 154 Å². The van der Waals surface area contributed by atoms with Gasteiger partial charge < -0.3 is 5.73 Å². The van der Waals surface area contributed by atoms with Gasteiger partial charge >= 0.3 is 0 Å². The fourth-order valence-corrected chi connectivity index (χ4v) is 3.58. The van der Waals surface area contributed by atoms with E-state index in [2.05, 4.69) is 48.3 Å². The minimum Gasteiger partial charge on any atom is -0.321 e. The van der Waals surface area contributed by atoms with Crippen molar-refractivity contribution in [3.05, 3.63) is 47.8 Å². The number of hydrogen-bond donors (Lipinski definition) is 2. The summed E-state index contributed by atoms with van der Waals surface area (Å²) < 4.78 is 0. The van der Waals surface area contributed by atoms with Gasteiger partial charge in [-0.05, 0) is 54.9 Å². The normalized spacial score (nSPS) is 14.5. The van der Waals surface area contributed by atoms with Crippen molar-refractivity contribution in [2.45, 2.75) is 51.0 Å². The van der Waals surface area contributed by atoms with Crippen LogP contribution in [0.15, 0.2) is 36.7 Å². The highest BCUT2D eigenvalue weighted by molar-refractivity contribution is 5.89. The highest BCUT2D eigenvalue weighted by atomic mass is 35.5. The van der Waals surface area contributed by atoms with Crippen molar-refractivity contribution in [3.8, 4) is 11.3 Å². The van der Waals surface area contributed by atoms with Crippen LogP contribution in [0.25, 0.3) is 22.2 Å². The van der Waals surface area contributed by atoms with E-state index in [9.17, 15) is 0 Å². The quantitative estimate of drug-likeness (QED) is 0.683. The zero-order valence-corrected chi connectivity index (χ0v) is 15.6. The Morgan fingerprint density at radius 2 is 1.88 bits per heavy atom. The molecule has 1 aromatic carbocycles. The first-order valence-electron chi connectivity index (χ1n) is 8.88. The monoisotopic (exact) mass is 356 g/mol. The summed E-state index contributed by atoms with van der Waals surface area (Å²) in [7, 11) is 0. The fourth-order valence-electron chi connectivity index (χ4n) is 3.58. The van der Waals surface area contributed by atoms with Crippen LogP contribution in [0.1, 0.15) is 56.6 Å². The highest BCUT2D eigenvalue weighted by Crippen LogP contribution is 2.47. The first-order chi connectivity index (χ1) is 11.7. The predicted molar refractivity (Wildman–Crippen MR) is 105 cm³/mol.